The first-order chi connectivity index (χ1) is 5.90. The van der Waals surface area contributed by atoms with Gasteiger partial charge in [0, 0.05) is 5.69 Å². The standard InChI is InChI=1S/C10H12ClN/c11-7-9-6-5-8-3-1-2-4-10(8)12-9/h5-6H,1-4,7H2. The number of pyridine rings is 1. The second kappa shape index (κ2) is 3.44. The lowest BCUT2D eigenvalue weighted by Gasteiger charge is -2.14. The van der Waals surface area contributed by atoms with Crippen LogP contribution >= 0.6 is 11.6 Å². The Morgan fingerprint density at radius 1 is 1.25 bits per heavy atom. The number of hydrogen-bond acceptors (Lipinski definition) is 1. The molecule has 1 aromatic rings. The van der Waals surface area contributed by atoms with E-state index in [1.54, 1.807) is 0 Å². The van der Waals surface area contributed by atoms with Gasteiger partial charge in [0.1, 0.15) is 0 Å². The molecular formula is C10H12ClN. The van der Waals surface area contributed by atoms with Crippen LogP contribution in [0.15, 0.2) is 12.1 Å². The number of rotatable bonds is 1. The first-order valence-corrected chi connectivity index (χ1v) is 4.97. The van der Waals surface area contributed by atoms with E-state index in [0.29, 0.717) is 5.88 Å². The lowest BCUT2D eigenvalue weighted by molar-refractivity contribution is 0.665. The van der Waals surface area contributed by atoms with Gasteiger partial charge in [0.05, 0.1) is 11.6 Å². The predicted octanol–water partition coefficient (Wildman–Crippen LogP) is 2.70. The highest BCUT2D eigenvalue weighted by Crippen LogP contribution is 2.19. The summed E-state index contributed by atoms with van der Waals surface area (Å²) in [5, 5.41) is 0. The summed E-state index contributed by atoms with van der Waals surface area (Å²) in [4.78, 5) is 4.50. The molecule has 0 saturated heterocycles. The van der Waals surface area contributed by atoms with Crippen molar-refractivity contribution >= 4 is 11.6 Å². The number of alkyl halides is 1. The number of aryl methyl sites for hydroxylation is 2. The smallest absolute Gasteiger partial charge is 0.0647 e. The lowest BCUT2D eigenvalue weighted by Crippen LogP contribution is -2.06. The van der Waals surface area contributed by atoms with Crippen molar-refractivity contribution in [3.8, 4) is 0 Å². The van der Waals surface area contributed by atoms with Crippen LogP contribution in [0.5, 0.6) is 0 Å². The van der Waals surface area contributed by atoms with Gasteiger partial charge in [-0.15, -0.1) is 11.6 Å². The van der Waals surface area contributed by atoms with Crippen molar-refractivity contribution in [2.75, 3.05) is 0 Å². The molecule has 0 saturated carbocycles. The molecule has 2 rings (SSSR count). The van der Waals surface area contributed by atoms with Crippen molar-refractivity contribution in [3.05, 3.63) is 29.1 Å². The fourth-order valence-electron chi connectivity index (χ4n) is 1.70. The molecule has 0 atom stereocenters. The lowest BCUT2D eigenvalue weighted by atomic mass is 9.96. The van der Waals surface area contributed by atoms with Crippen molar-refractivity contribution in [2.45, 2.75) is 31.6 Å². The molecule has 0 fully saturated rings. The molecule has 1 aliphatic rings. The fourth-order valence-corrected chi connectivity index (χ4v) is 1.85. The Labute approximate surface area is 77.8 Å². The van der Waals surface area contributed by atoms with E-state index in [-0.39, 0.29) is 0 Å². The van der Waals surface area contributed by atoms with Crippen molar-refractivity contribution in [1.82, 2.24) is 4.98 Å². The monoisotopic (exact) mass is 181 g/mol. The normalized spacial score (nSPS) is 15.8. The molecule has 1 aromatic heterocycles. The molecule has 0 aromatic carbocycles. The van der Waals surface area contributed by atoms with E-state index in [2.05, 4.69) is 11.1 Å². The average molecular weight is 182 g/mol. The number of hydrogen-bond donors (Lipinski definition) is 0. The van der Waals surface area contributed by atoms with E-state index in [4.69, 9.17) is 11.6 Å². The van der Waals surface area contributed by atoms with Gasteiger partial charge in [0.25, 0.3) is 0 Å². The third-order valence-electron chi connectivity index (χ3n) is 2.37. The number of fused-ring (bicyclic) bond motifs is 1. The summed E-state index contributed by atoms with van der Waals surface area (Å²) >= 11 is 5.71. The van der Waals surface area contributed by atoms with Gasteiger partial charge in [0.15, 0.2) is 0 Å². The zero-order valence-corrected chi connectivity index (χ0v) is 7.77. The van der Waals surface area contributed by atoms with Crippen LogP contribution in [-0.4, -0.2) is 4.98 Å². The topological polar surface area (TPSA) is 12.9 Å². The summed E-state index contributed by atoms with van der Waals surface area (Å²) in [5.41, 5.74) is 3.71. The molecular weight excluding hydrogens is 170 g/mol. The molecule has 0 spiro atoms. The molecule has 64 valence electrons. The Hall–Kier alpha value is -0.560. The van der Waals surface area contributed by atoms with Crippen LogP contribution in [0.4, 0.5) is 0 Å². The molecule has 0 amide bonds. The van der Waals surface area contributed by atoms with Gasteiger partial charge in [-0.1, -0.05) is 6.07 Å². The zero-order valence-electron chi connectivity index (χ0n) is 7.02. The Bertz CT molecular complexity index is 283. The van der Waals surface area contributed by atoms with Crippen molar-refractivity contribution in [2.24, 2.45) is 0 Å². The first-order valence-electron chi connectivity index (χ1n) is 4.44. The second-order valence-corrected chi connectivity index (χ2v) is 3.52. The first kappa shape index (κ1) is 8.06. The van der Waals surface area contributed by atoms with Crippen LogP contribution in [0.1, 0.15) is 29.8 Å². The van der Waals surface area contributed by atoms with Crippen LogP contribution in [-0.2, 0) is 18.7 Å². The Morgan fingerprint density at radius 2 is 2.08 bits per heavy atom. The van der Waals surface area contributed by atoms with Crippen LogP contribution in [0.2, 0.25) is 0 Å². The van der Waals surface area contributed by atoms with Crippen molar-refractivity contribution in [1.29, 1.82) is 0 Å². The SMILES string of the molecule is ClCc1ccc2c(n1)CCCC2. The summed E-state index contributed by atoms with van der Waals surface area (Å²) in [6, 6.07) is 4.22. The highest BCUT2D eigenvalue weighted by molar-refractivity contribution is 6.16. The summed E-state index contributed by atoms with van der Waals surface area (Å²) in [7, 11) is 0. The Balaban J connectivity index is 2.36. The van der Waals surface area contributed by atoms with E-state index in [1.807, 2.05) is 6.07 Å². The quantitative estimate of drug-likeness (QED) is 0.608. The third kappa shape index (κ3) is 1.46. The maximum absolute atomic E-state index is 5.71. The Kier molecular flexibility index (Phi) is 2.31. The minimum atomic E-state index is 0.535. The molecule has 0 unspecified atom stereocenters. The number of nitrogens with zero attached hydrogens (tertiary/aromatic N) is 1. The molecule has 0 bridgehead atoms. The average Bonchev–Trinajstić information content (AvgIpc) is 2.17. The maximum Gasteiger partial charge on any atom is 0.0647 e. The van der Waals surface area contributed by atoms with E-state index < -0.39 is 0 Å². The van der Waals surface area contributed by atoms with Gasteiger partial charge >= 0.3 is 0 Å². The van der Waals surface area contributed by atoms with Crippen molar-refractivity contribution < 1.29 is 0 Å². The van der Waals surface area contributed by atoms with Gasteiger partial charge in [0.2, 0.25) is 0 Å². The van der Waals surface area contributed by atoms with E-state index in [9.17, 15) is 0 Å². The highest BCUT2D eigenvalue weighted by atomic mass is 35.5. The van der Waals surface area contributed by atoms with Gasteiger partial charge in [-0.05, 0) is 37.3 Å². The summed E-state index contributed by atoms with van der Waals surface area (Å²) in [5.74, 6) is 0.535. The highest BCUT2D eigenvalue weighted by Gasteiger charge is 2.09. The van der Waals surface area contributed by atoms with E-state index >= 15 is 0 Å². The molecule has 1 heterocycles. The maximum atomic E-state index is 5.71. The molecule has 1 aliphatic carbocycles. The molecule has 1 nitrogen and oxygen atoms in total. The van der Waals surface area contributed by atoms with Gasteiger partial charge in [-0.3, -0.25) is 4.98 Å². The fraction of sp³-hybridized carbons (Fsp3) is 0.500. The minimum absolute atomic E-state index is 0.535. The van der Waals surface area contributed by atoms with Crippen LogP contribution in [0.3, 0.4) is 0 Å². The van der Waals surface area contributed by atoms with Crippen LogP contribution < -0.4 is 0 Å². The van der Waals surface area contributed by atoms with Crippen molar-refractivity contribution in [3.63, 3.8) is 0 Å². The largest absolute Gasteiger partial charge is 0.256 e. The van der Waals surface area contributed by atoms with E-state index in [0.717, 1.165) is 12.1 Å². The second-order valence-electron chi connectivity index (χ2n) is 3.25. The van der Waals surface area contributed by atoms with E-state index in [1.165, 1.54) is 30.5 Å². The molecule has 12 heavy (non-hydrogen) atoms. The molecule has 0 N–H and O–H groups in total. The zero-order chi connectivity index (χ0) is 8.39. The molecule has 0 radical (unpaired) electrons. The summed E-state index contributed by atoms with van der Waals surface area (Å²) in [6.45, 7) is 0. The third-order valence-corrected chi connectivity index (χ3v) is 2.65. The van der Waals surface area contributed by atoms with Gasteiger partial charge < -0.3 is 0 Å². The van der Waals surface area contributed by atoms with Crippen LogP contribution in [0, 0.1) is 0 Å². The Morgan fingerprint density at radius 3 is 2.92 bits per heavy atom. The summed E-state index contributed by atoms with van der Waals surface area (Å²) < 4.78 is 0. The van der Waals surface area contributed by atoms with Gasteiger partial charge in [-0.2, -0.15) is 0 Å². The number of aromatic nitrogens is 1. The number of halogens is 1. The molecule has 2 heteroatoms. The summed E-state index contributed by atoms with van der Waals surface area (Å²) in [6.07, 6.45) is 4.94. The minimum Gasteiger partial charge on any atom is -0.256 e. The molecule has 0 aliphatic heterocycles. The van der Waals surface area contributed by atoms with Gasteiger partial charge in [-0.25, -0.2) is 0 Å². The van der Waals surface area contributed by atoms with Crippen LogP contribution in [0.25, 0.3) is 0 Å². The predicted molar refractivity (Wildman–Crippen MR) is 50.4 cm³/mol.